The van der Waals surface area contributed by atoms with Crippen molar-refractivity contribution in [3.63, 3.8) is 0 Å². The molecule has 1 atom stereocenters. The number of nitrogens with one attached hydrogen (secondary N) is 1. The molecule has 0 saturated carbocycles. The smallest absolute Gasteiger partial charge is 0.326 e. The van der Waals surface area contributed by atoms with Crippen LogP contribution in [0.15, 0.2) is 29.2 Å². The molecule has 8 heteroatoms. The summed E-state index contributed by atoms with van der Waals surface area (Å²) in [4.78, 5) is 33.2. The summed E-state index contributed by atoms with van der Waals surface area (Å²) in [7, 11) is 0. The highest BCUT2D eigenvalue weighted by Crippen LogP contribution is 2.20. The van der Waals surface area contributed by atoms with Gasteiger partial charge in [0.1, 0.15) is 11.9 Å². The van der Waals surface area contributed by atoms with Crippen LogP contribution in [0, 0.1) is 5.82 Å². The van der Waals surface area contributed by atoms with E-state index in [1.165, 1.54) is 18.2 Å². The molecule has 0 aromatic heterocycles. The second-order valence-corrected chi connectivity index (χ2v) is 5.13. The Bertz CT molecular complexity index is 537. The lowest BCUT2D eigenvalue weighted by atomic mass is 10.1. The number of hydrogen-bond acceptors (Lipinski definition) is 4. The molecule has 0 aliphatic rings. The van der Waals surface area contributed by atoms with Crippen LogP contribution in [0.1, 0.15) is 12.8 Å². The first-order valence-electron chi connectivity index (χ1n) is 6.01. The Morgan fingerprint density at radius 3 is 2.48 bits per heavy atom. The molecule has 1 aromatic rings. The zero-order valence-electron chi connectivity index (χ0n) is 10.9. The molecular formula is C13H14FNO5S. The summed E-state index contributed by atoms with van der Waals surface area (Å²) < 4.78 is 13.3. The first kappa shape index (κ1) is 17.0. The minimum absolute atomic E-state index is 0.155. The maximum atomic E-state index is 13.3. The summed E-state index contributed by atoms with van der Waals surface area (Å²) in [5, 5.41) is 19.6. The molecule has 0 saturated heterocycles. The number of amides is 1. The number of carboxylic acid groups (broad SMARTS) is 2. The molecule has 1 amide bonds. The fraction of sp³-hybridized carbons (Fsp3) is 0.308. The van der Waals surface area contributed by atoms with Crippen molar-refractivity contribution in [3.8, 4) is 0 Å². The highest BCUT2D eigenvalue weighted by atomic mass is 32.2. The summed E-state index contributed by atoms with van der Waals surface area (Å²) in [6.07, 6.45) is -0.571. The van der Waals surface area contributed by atoms with Crippen LogP contribution in [0.3, 0.4) is 0 Å². The molecule has 3 N–H and O–H groups in total. The van der Waals surface area contributed by atoms with Crippen LogP contribution in [0.5, 0.6) is 0 Å². The number of carbonyl (C=O) groups excluding carboxylic acids is 1. The predicted octanol–water partition coefficient (Wildman–Crippen LogP) is 1.35. The third kappa shape index (κ3) is 6.26. The van der Waals surface area contributed by atoms with Gasteiger partial charge in [-0.05, 0) is 18.6 Å². The highest BCUT2D eigenvalue weighted by molar-refractivity contribution is 8.00. The van der Waals surface area contributed by atoms with E-state index in [1.54, 1.807) is 6.07 Å². The van der Waals surface area contributed by atoms with E-state index in [2.05, 4.69) is 5.32 Å². The van der Waals surface area contributed by atoms with E-state index in [9.17, 15) is 18.8 Å². The maximum absolute atomic E-state index is 13.3. The van der Waals surface area contributed by atoms with Crippen molar-refractivity contribution in [2.45, 2.75) is 23.8 Å². The number of benzene rings is 1. The lowest BCUT2D eigenvalue weighted by Crippen LogP contribution is -2.41. The number of halogens is 1. The number of hydrogen-bond donors (Lipinski definition) is 3. The Morgan fingerprint density at radius 2 is 1.90 bits per heavy atom. The molecule has 0 spiro atoms. The zero-order chi connectivity index (χ0) is 15.8. The Hall–Kier alpha value is -2.09. The maximum Gasteiger partial charge on any atom is 0.326 e. The minimum atomic E-state index is -1.31. The molecule has 0 unspecified atom stereocenters. The molecule has 0 fully saturated rings. The summed E-state index contributed by atoms with van der Waals surface area (Å²) in [6.45, 7) is 0. The van der Waals surface area contributed by atoms with Crippen LogP contribution in [-0.2, 0) is 14.4 Å². The Labute approximate surface area is 124 Å². The van der Waals surface area contributed by atoms with Crippen LogP contribution in [-0.4, -0.2) is 39.9 Å². The fourth-order valence-corrected chi connectivity index (χ4v) is 2.22. The topological polar surface area (TPSA) is 104 Å². The summed E-state index contributed by atoms with van der Waals surface area (Å²) in [5.41, 5.74) is 0. The van der Waals surface area contributed by atoms with Crippen molar-refractivity contribution < 1.29 is 29.0 Å². The molecular weight excluding hydrogens is 301 g/mol. The summed E-state index contributed by atoms with van der Waals surface area (Å²) in [6, 6.07) is 4.64. The standard InChI is InChI=1S/C13H14FNO5S/c14-8-3-1-2-4-10(8)21-7-11(16)15-9(13(19)20)5-6-12(17)18/h1-4,9H,5-7H2,(H,15,16)(H,17,18)(H,19,20)/t9-/m0/s1. The second-order valence-electron chi connectivity index (χ2n) is 4.11. The van der Waals surface area contributed by atoms with Gasteiger partial charge in [-0.2, -0.15) is 0 Å². The van der Waals surface area contributed by atoms with Crippen molar-refractivity contribution in [3.05, 3.63) is 30.1 Å². The van der Waals surface area contributed by atoms with Gasteiger partial charge in [-0.15, -0.1) is 11.8 Å². The average molecular weight is 315 g/mol. The molecule has 0 aliphatic carbocycles. The number of aliphatic carboxylic acids is 2. The monoisotopic (exact) mass is 315 g/mol. The molecule has 6 nitrogen and oxygen atoms in total. The van der Waals surface area contributed by atoms with Gasteiger partial charge in [-0.1, -0.05) is 12.1 Å². The van der Waals surface area contributed by atoms with E-state index in [0.717, 1.165) is 11.8 Å². The van der Waals surface area contributed by atoms with E-state index in [4.69, 9.17) is 10.2 Å². The van der Waals surface area contributed by atoms with Crippen LogP contribution in [0.25, 0.3) is 0 Å². The van der Waals surface area contributed by atoms with E-state index >= 15 is 0 Å². The third-order valence-electron chi connectivity index (χ3n) is 2.48. The summed E-state index contributed by atoms with van der Waals surface area (Å²) >= 11 is 0.937. The number of carbonyl (C=O) groups is 3. The van der Waals surface area contributed by atoms with Gasteiger partial charge in [0.2, 0.25) is 5.91 Å². The number of rotatable bonds is 8. The predicted molar refractivity (Wildman–Crippen MR) is 73.6 cm³/mol. The summed E-state index contributed by atoms with van der Waals surface area (Å²) in [5.74, 6) is -3.66. The SMILES string of the molecule is O=C(O)CC[C@H](NC(=O)CSc1ccccc1F)C(=O)O. The van der Waals surface area contributed by atoms with Crippen LogP contribution < -0.4 is 5.32 Å². The van der Waals surface area contributed by atoms with E-state index in [1.807, 2.05) is 0 Å². The molecule has 114 valence electrons. The molecule has 0 aliphatic heterocycles. The number of carboxylic acids is 2. The third-order valence-corrected chi connectivity index (χ3v) is 3.52. The Balaban J connectivity index is 2.49. The normalized spacial score (nSPS) is 11.7. The Kier molecular flexibility index (Phi) is 6.67. The van der Waals surface area contributed by atoms with Crippen molar-refractivity contribution in [2.75, 3.05) is 5.75 Å². The van der Waals surface area contributed by atoms with Gasteiger partial charge in [-0.25, -0.2) is 9.18 Å². The first-order chi connectivity index (χ1) is 9.90. The zero-order valence-corrected chi connectivity index (χ0v) is 11.7. The molecule has 21 heavy (non-hydrogen) atoms. The molecule has 1 aromatic carbocycles. The number of thioether (sulfide) groups is 1. The van der Waals surface area contributed by atoms with Gasteiger partial charge < -0.3 is 15.5 Å². The van der Waals surface area contributed by atoms with Crippen molar-refractivity contribution in [1.82, 2.24) is 5.32 Å². The van der Waals surface area contributed by atoms with Gasteiger partial charge >= 0.3 is 11.9 Å². The van der Waals surface area contributed by atoms with Gasteiger partial charge in [0.05, 0.1) is 5.75 Å². The Morgan fingerprint density at radius 1 is 1.24 bits per heavy atom. The van der Waals surface area contributed by atoms with Crippen LogP contribution >= 0.6 is 11.8 Å². The lowest BCUT2D eigenvalue weighted by molar-refractivity contribution is -0.142. The molecule has 0 heterocycles. The van der Waals surface area contributed by atoms with Gasteiger partial charge in [0.15, 0.2) is 0 Å². The lowest BCUT2D eigenvalue weighted by Gasteiger charge is -2.13. The van der Waals surface area contributed by atoms with E-state index in [0.29, 0.717) is 0 Å². The van der Waals surface area contributed by atoms with Gasteiger partial charge in [0, 0.05) is 11.3 Å². The molecule has 0 radical (unpaired) electrons. The van der Waals surface area contributed by atoms with E-state index < -0.39 is 29.7 Å². The highest BCUT2D eigenvalue weighted by Gasteiger charge is 2.21. The largest absolute Gasteiger partial charge is 0.481 e. The van der Waals surface area contributed by atoms with Gasteiger partial charge in [0.25, 0.3) is 0 Å². The van der Waals surface area contributed by atoms with Crippen LogP contribution in [0.2, 0.25) is 0 Å². The average Bonchev–Trinajstić information content (AvgIpc) is 2.42. The van der Waals surface area contributed by atoms with Crippen molar-refractivity contribution in [1.29, 1.82) is 0 Å². The van der Waals surface area contributed by atoms with Crippen molar-refractivity contribution >= 4 is 29.6 Å². The molecule has 0 bridgehead atoms. The fourth-order valence-electron chi connectivity index (χ4n) is 1.47. The minimum Gasteiger partial charge on any atom is -0.481 e. The van der Waals surface area contributed by atoms with Crippen molar-refractivity contribution in [2.24, 2.45) is 0 Å². The van der Waals surface area contributed by atoms with Gasteiger partial charge in [-0.3, -0.25) is 9.59 Å². The first-order valence-corrected chi connectivity index (χ1v) is 7.00. The second kappa shape index (κ2) is 8.25. The van der Waals surface area contributed by atoms with E-state index in [-0.39, 0.29) is 23.5 Å². The quantitative estimate of drug-likeness (QED) is 0.626. The molecule has 1 rings (SSSR count). The van der Waals surface area contributed by atoms with Crippen LogP contribution in [0.4, 0.5) is 4.39 Å².